The Hall–Kier alpha value is -0.120. The van der Waals surface area contributed by atoms with Crippen LogP contribution in [0.15, 0.2) is 0 Å². The first kappa shape index (κ1) is 13.3. The highest BCUT2D eigenvalue weighted by Crippen LogP contribution is 2.26. The molecule has 1 aliphatic carbocycles. The number of rotatable bonds is 2. The molecule has 2 aliphatic rings. The van der Waals surface area contributed by atoms with E-state index in [1.807, 2.05) is 0 Å². The van der Waals surface area contributed by atoms with Crippen molar-refractivity contribution < 1.29 is 5.11 Å². The molecular formula is C14H28N2O. The molecule has 0 spiro atoms. The molecule has 1 heterocycles. The third-order valence-electron chi connectivity index (χ3n) is 4.55. The molecule has 0 aromatic rings. The van der Waals surface area contributed by atoms with E-state index in [2.05, 4.69) is 23.8 Å². The third-order valence-corrected chi connectivity index (χ3v) is 4.55. The summed E-state index contributed by atoms with van der Waals surface area (Å²) in [6, 6.07) is 1.46. The van der Waals surface area contributed by atoms with Crippen molar-refractivity contribution in [1.82, 2.24) is 9.80 Å². The maximum Gasteiger partial charge on any atom is 0.0541 e. The highest BCUT2D eigenvalue weighted by atomic mass is 16.3. The molecule has 17 heavy (non-hydrogen) atoms. The number of aliphatic hydroxyl groups excluding tert-OH is 1. The lowest BCUT2D eigenvalue weighted by molar-refractivity contribution is 0.0515. The molecule has 0 bridgehead atoms. The highest BCUT2D eigenvalue weighted by molar-refractivity contribution is 4.86. The summed E-state index contributed by atoms with van der Waals surface area (Å²) in [7, 11) is 2.25. The molecule has 0 aromatic heterocycles. The zero-order valence-electron chi connectivity index (χ0n) is 11.4. The van der Waals surface area contributed by atoms with E-state index in [0.717, 1.165) is 24.9 Å². The Kier molecular flexibility index (Phi) is 4.83. The number of aliphatic hydroxyl groups is 1. The van der Waals surface area contributed by atoms with E-state index in [9.17, 15) is 5.11 Å². The second-order valence-electron chi connectivity index (χ2n) is 5.88. The van der Waals surface area contributed by atoms with E-state index < -0.39 is 0 Å². The second kappa shape index (κ2) is 6.17. The molecule has 2 fully saturated rings. The van der Waals surface area contributed by atoms with Crippen LogP contribution in [0.25, 0.3) is 0 Å². The fraction of sp³-hybridized carbons (Fsp3) is 1.00. The van der Waals surface area contributed by atoms with Gasteiger partial charge >= 0.3 is 0 Å². The second-order valence-corrected chi connectivity index (χ2v) is 5.88. The van der Waals surface area contributed by atoms with Crippen molar-refractivity contribution in [2.24, 2.45) is 0 Å². The normalized spacial score (nSPS) is 37.9. The van der Waals surface area contributed by atoms with Crippen molar-refractivity contribution in [2.75, 3.05) is 26.7 Å². The minimum absolute atomic E-state index is 0.0269. The molecule has 2 rings (SSSR count). The standard InChI is InChI=1S/C14H28N2O/c1-3-12-11-15(2)9-4-10-16(12)13-5-7-14(17)8-6-13/h12-14,17H,3-11H2,1-2H3. The van der Waals surface area contributed by atoms with Crippen LogP contribution >= 0.6 is 0 Å². The van der Waals surface area contributed by atoms with Gasteiger partial charge in [-0.2, -0.15) is 0 Å². The Morgan fingerprint density at radius 1 is 1.12 bits per heavy atom. The van der Waals surface area contributed by atoms with Crippen LogP contribution in [0, 0.1) is 0 Å². The first-order valence-electron chi connectivity index (χ1n) is 7.33. The van der Waals surface area contributed by atoms with E-state index in [1.54, 1.807) is 0 Å². The summed E-state index contributed by atoms with van der Waals surface area (Å²) in [5, 5.41) is 9.62. The summed E-state index contributed by atoms with van der Waals surface area (Å²) in [6.45, 7) is 6.02. The van der Waals surface area contributed by atoms with Gasteiger partial charge in [-0.1, -0.05) is 6.92 Å². The molecule has 1 N–H and O–H groups in total. The van der Waals surface area contributed by atoms with Gasteiger partial charge in [0, 0.05) is 18.6 Å². The predicted molar refractivity (Wildman–Crippen MR) is 71.2 cm³/mol. The lowest BCUT2D eigenvalue weighted by atomic mass is 9.90. The van der Waals surface area contributed by atoms with Crippen LogP contribution in [0.5, 0.6) is 0 Å². The maximum absolute atomic E-state index is 9.62. The molecule has 1 atom stereocenters. The summed E-state index contributed by atoms with van der Waals surface area (Å²) < 4.78 is 0. The van der Waals surface area contributed by atoms with Gasteiger partial charge in [-0.15, -0.1) is 0 Å². The van der Waals surface area contributed by atoms with E-state index in [-0.39, 0.29) is 6.10 Å². The van der Waals surface area contributed by atoms with Crippen LogP contribution in [0.3, 0.4) is 0 Å². The van der Waals surface area contributed by atoms with Crippen molar-refractivity contribution in [1.29, 1.82) is 0 Å². The minimum atomic E-state index is -0.0269. The van der Waals surface area contributed by atoms with Gasteiger partial charge in [-0.25, -0.2) is 0 Å². The van der Waals surface area contributed by atoms with Crippen LogP contribution in [-0.2, 0) is 0 Å². The third kappa shape index (κ3) is 3.43. The van der Waals surface area contributed by atoms with Crippen LogP contribution < -0.4 is 0 Å². The van der Waals surface area contributed by atoms with Crippen LogP contribution in [0.1, 0.15) is 45.4 Å². The van der Waals surface area contributed by atoms with Crippen molar-refractivity contribution in [3.8, 4) is 0 Å². The Balaban J connectivity index is 1.96. The summed E-state index contributed by atoms with van der Waals surface area (Å²) in [6.07, 6.45) is 6.93. The molecule has 0 aromatic carbocycles. The minimum Gasteiger partial charge on any atom is -0.393 e. The quantitative estimate of drug-likeness (QED) is 0.796. The van der Waals surface area contributed by atoms with Gasteiger partial charge in [0.25, 0.3) is 0 Å². The Morgan fingerprint density at radius 3 is 2.47 bits per heavy atom. The fourth-order valence-corrected chi connectivity index (χ4v) is 3.50. The molecule has 3 nitrogen and oxygen atoms in total. The number of likely N-dealkylation sites (N-methyl/N-ethyl adjacent to an activating group) is 1. The van der Waals surface area contributed by atoms with Gasteiger partial charge in [0.05, 0.1) is 6.10 Å². The van der Waals surface area contributed by atoms with E-state index in [0.29, 0.717) is 0 Å². The van der Waals surface area contributed by atoms with Crippen LogP contribution in [0.2, 0.25) is 0 Å². The van der Waals surface area contributed by atoms with Gasteiger partial charge in [0.15, 0.2) is 0 Å². The molecule has 1 saturated carbocycles. The van der Waals surface area contributed by atoms with Gasteiger partial charge in [-0.3, -0.25) is 4.90 Å². The van der Waals surface area contributed by atoms with Crippen molar-refractivity contribution in [3.63, 3.8) is 0 Å². The van der Waals surface area contributed by atoms with Gasteiger partial charge in [0.1, 0.15) is 0 Å². The van der Waals surface area contributed by atoms with E-state index >= 15 is 0 Å². The lowest BCUT2D eigenvalue weighted by Gasteiger charge is -2.40. The maximum atomic E-state index is 9.62. The number of hydrogen-bond donors (Lipinski definition) is 1. The average molecular weight is 240 g/mol. The largest absolute Gasteiger partial charge is 0.393 e. The predicted octanol–water partition coefficient (Wildman–Crippen LogP) is 1.71. The molecule has 100 valence electrons. The SMILES string of the molecule is CCC1CN(C)CCCN1C1CCC(O)CC1. The molecule has 0 amide bonds. The monoisotopic (exact) mass is 240 g/mol. The fourth-order valence-electron chi connectivity index (χ4n) is 3.50. The van der Waals surface area contributed by atoms with Gasteiger partial charge < -0.3 is 10.0 Å². The zero-order valence-corrected chi connectivity index (χ0v) is 11.4. The molecule has 1 aliphatic heterocycles. The summed E-state index contributed by atoms with van der Waals surface area (Å²) in [5.41, 5.74) is 0. The van der Waals surface area contributed by atoms with E-state index in [4.69, 9.17) is 0 Å². The van der Waals surface area contributed by atoms with Crippen LogP contribution in [0.4, 0.5) is 0 Å². The number of nitrogens with zero attached hydrogens (tertiary/aromatic N) is 2. The lowest BCUT2D eigenvalue weighted by Crippen LogP contribution is -2.47. The van der Waals surface area contributed by atoms with Crippen molar-refractivity contribution >= 4 is 0 Å². The highest BCUT2D eigenvalue weighted by Gasteiger charge is 2.30. The van der Waals surface area contributed by atoms with E-state index in [1.165, 1.54) is 45.3 Å². The average Bonchev–Trinajstić information content (AvgIpc) is 2.52. The summed E-state index contributed by atoms with van der Waals surface area (Å²) in [5.74, 6) is 0. The Bertz CT molecular complexity index is 226. The molecule has 1 unspecified atom stereocenters. The first-order valence-corrected chi connectivity index (χ1v) is 7.33. The van der Waals surface area contributed by atoms with Crippen molar-refractivity contribution in [2.45, 2.75) is 63.6 Å². The molecule has 0 radical (unpaired) electrons. The van der Waals surface area contributed by atoms with Gasteiger partial charge in [-0.05, 0) is 58.7 Å². The Morgan fingerprint density at radius 2 is 1.82 bits per heavy atom. The Labute approximate surface area is 106 Å². The zero-order chi connectivity index (χ0) is 12.3. The molecule has 3 heteroatoms. The summed E-state index contributed by atoms with van der Waals surface area (Å²) >= 11 is 0. The van der Waals surface area contributed by atoms with Gasteiger partial charge in [0.2, 0.25) is 0 Å². The smallest absolute Gasteiger partial charge is 0.0541 e. The number of hydrogen-bond acceptors (Lipinski definition) is 3. The van der Waals surface area contributed by atoms with Crippen molar-refractivity contribution in [3.05, 3.63) is 0 Å². The topological polar surface area (TPSA) is 26.7 Å². The molecular weight excluding hydrogens is 212 g/mol. The van der Waals surface area contributed by atoms with Crippen LogP contribution in [-0.4, -0.2) is 59.8 Å². The first-order chi connectivity index (χ1) is 8.20. The summed E-state index contributed by atoms with van der Waals surface area (Å²) in [4.78, 5) is 5.22. The molecule has 1 saturated heterocycles.